The third-order valence-electron chi connectivity index (χ3n) is 4.28. The Bertz CT molecular complexity index is 844. The summed E-state index contributed by atoms with van der Waals surface area (Å²) in [6.45, 7) is 8.66. The summed E-state index contributed by atoms with van der Waals surface area (Å²) >= 11 is 0. The fraction of sp³-hybridized carbons (Fsp3) is 0.381. The van der Waals surface area contributed by atoms with Gasteiger partial charge in [-0.25, -0.2) is 4.99 Å². The van der Waals surface area contributed by atoms with E-state index in [1.54, 1.807) is 31.5 Å². The van der Waals surface area contributed by atoms with Crippen molar-refractivity contribution in [2.24, 2.45) is 10.9 Å². The molecule has 0 unspecified atom stereocenters. The normalized spacial score (nSPS) is 11.2. The van der Waals surface area contributed by atoms with Gasteiger partial charge in [-0.05, 0) is 67.1 Å². The summed E-state index contributed by atoms with van der Waals surface area (Å²) in [6.07, 6.45) is 2.56. The van der Waals surface area contributed by atoms with Crippen LogP contribution in [0.3, 0.4) is 0 Å². The van der Waals surface area contributed by atoms with E-state index in [4.69, 9.17) is 9.47 Å². The highest BCUT2D eigenvalue weighted by Crippen LogP contribution is 2.31. The molecule has 0 N–H and O–H groups in total. The van der Waals surface area contributed by atoms with Crippen molar-refractivity contribution < 1.29 is 14.4 Å². The molecule has 0 atom stereocenters. The van der Waals surface area contributed by atoms with Crippen molar-refractivity contribution in [1.82, 2.24) is 0 Å². The van der Waals surface area contributed by atoms with Gasteiger partial charge in [0.1, 0.15) is 5.69 Å². The molecule has 0 aliphatic rings. The zero-order valence-electron chi connectivity index (χ0n) is 16.5. The minimum atomic E-state index is -0.411. The van der Waals surface area contributed by atoms with Crippen molar-refractivity contribution in [3.8, 4) is 11.5 Å². The smallest absolute Gasteiger partial charge is 0.295 e. The molecule has 0 heterocycles. The first kappa shape index (κ1) is 20.4. The van der Waals surface area contributed by atoms with Gasteiger partial charge in [-0.3, -0.25) is 10.1 Å². The molecule has 0 radical (unpaired) electrons. The zero-order chi connectivity index (χ0) is 20.0. The van der Waals surface area contributed by atoms with E-state index in [0.717, 1.165) is 23.1 Å². The fourth-order valence-electron chi connectivity index (χ4n) is 2.47. The van der Waals surface area contributed by atoms with Crippen molar-refractivity contribution in [2.75, 3.05) is 13.7 Å². The van der Waals surface area contributed by atoms with Crippen molar-refractivity contribution in [3.05, 3.63) is 57.1 Å². The first-order chi connectivity index (χ1) is 12.8. The molecule has 144 valence electrons. The van der Waals surface area contributed by atoms with Gasteiger partial charge in [0.15, 0.2) is 11.5 Å². The molecular weight excluding hydrogens is 344 g/mol. The average Bonchev–Trinajstić information content (AvgIpc) is 2.62. The molecule has 0 spiro atoms. The molecule has 0 bridgehead atoms. The Hall–Kier alpha value is -2.89. The number of rotatable bonds is 8. The predicted molar refractivity (Wildman–Crippen MR) is 108 cm³/mol. The SMILES string of the molecule is COc1cc(C=Nc2cc(C)c(C)cc2[N+](=O)[O-])ccc1OCCC(C)C. The topological polar surface area (TPSA) is 74.0 Å². The van der Waals surface area contributed by atoms with Gasteiger partial charge < -0.3 is 9.47 Å². The molecule has 0 amide bonds. The number of ether oxygens (including phenoxy) is 2. The molecular formula is C21H26N2O4. The van der Waals surface area contributed by atoms with Gasteiger partial charge in [0.25, 0.3) is 5.69 Å². The van der Waals surface area contributed by atoms with Crippen LogP contribution in [-0.4, -0.2) is 24.9 Å². The number of nitrogens with zero attached hydrogens (tertiary/aromatic N) is 2. The predicted octanol–water partition coefficient (Wildman–Crippen LogP) is 5.40. The van der Waals surface area contributed by atoms with Crippen molar-refractivity contribution in [1.29, 1.82) is 0 Å². The van der Waals surface area contributed by atoms with Crippen LogP contribution in [0.1, 0.15) is 37.0 Å². The second-order valence-corrected chi connectivity index (χ2v) is 6.88. The van der Waals surface area contributed by atoms with Gasteiger partial charge >= 0.3 is 0 Å². The summed E-state index contributed by atoms with van der Waals surface area (Å²) in [5.74, 6) is 1.85. The van der Waals surface area contributed by atoms with E-state index in [1.807, 2.05) is 26.0 Å². The molecule has 2 aromatic carbocycles. The lowest BCUT2D eigenvalue weighted by Gasteiger charge is -2.12. The van der Waals surface area contributed by atoms with Crippen LogP contribution in [0.4, 0.5) is 11.4 Å². The molecule has 0 aliphatic carbocycles. The van der Waals surface area contributed by atoms with Crippen LogP contribution in [0.15, 0.2) is 35.3 Å². The maximum Gasteiger partial charge on any atom is 0.295 e. The Labute approximate surface area is 160 Å². The molecule has 0 saturated carbocycles. The van der Waals surface area contributed by atoms with E-state index >= 15 is 0 Å². The second-order valence-electron chi connectivity index (χ2n) is 6.88. The first-order valence-electron chi connectivity index (χ1n) is 8.92. The van der Waals surface area contributed by atoms with E-state index in [2.05, 4.69) is 18.8 Å². The number of benzene rings is 2. The first-order valence-corrected chi connectivity index (χ1v) is 8.92. The minimum Gasteiger partial charge on any atom is -0.493 e. The second kappa shape index (κ2) is 9.16. The van der Waals surface area contributed by atoms with Gasteiger partial charge in [-0.15, -0.1) is 0 Å². The van der Waals surface area contributed by atoms with E-state index in [-0.39, 0.29) is 5.69 Å². The molecule has 0 saturated heterocycles. The lowest BCUT2D eigenvalue weighted by atomic mass is 10.1. The van der Waals surface area contributed by atoms with Crippen LogP contribution in [0.5, 0.6) is 11.5 Å². The van der Waals surface area contributed by atoms with Crippen LogP contribution in [0.2, 0.25) is 0 Å². The Balaban J connectivity index is 2.25. The highest BCUT2D eigenvalue weighted by Gasteiger charge is 2.14. The van der Waals surface area contributed by atoms with Gasteiger partial charge in [-0.2, -0.15) is 0 Å². The molecule has 2 aromatic rings. The van der Waals surface area contributed by atoms with E-state index < -0.39 is 4.92 Å². The maximum absolute atomic E-state index is 11.3. The summed E-state index contributed by atoms with van der Waals surface area (Å²) in [4.78, 5) is 15.2. The number of aryl methyl sites for hydroxylation is 2. The summed E-state index contributed by atoms with van der Waals surface area (Å²) in [5.41, 5.74) is 2.93. The van der Waals surface area contributed by atoms with Gasteiger partial charge in [-0.1, -0.05) is 13.8 Å². The van der Waals surface area contributed by atoms with Gasteiger partial charge in [0, 0.05) is 12.3 Å². The minimum absolute atomic E-state index is 0.00467. The molecule has 6 heteroatoms. The van der Waals surface area contributed by atoms with Crippen LogP contribution in [-0.2, 0) is 0 Å². The van der Waals surface area contributed by atoms with Crippen molar-refractivity contribution in [3.63, 3.8) is 0 Å². The molecule has 0 aromatic heterocycles. The van der Waals surface area contributed by atoms with E-state index in [0.29, 0.717) is 29.7 Å². The molecule has 0 aliphatic heterocycles. The number of hydrogen-bond donors (Lipinski definition) is 0. The quantitative estimate of drug-likeness (QED) is 0.354. The highest BCUT2D eigenvalue weighted by molar-refractivity contribution is 5.84. The monoisotopic (exact) mass is 370 g/mol. The zero-order valence-corrected chi connectivity index (χ0v) is 16.5. The number of hydrogen-bond acceptors (Lipinski definition) is 5. The molecule has 6 nitrogen and oxygen atoms in total. The third kappa shape index (κ3) is 5.54. The summed E-state index contributed by atoms with van der Waals surface area (Å²) < 4.78 is 11.2. The Morgan fingerprint density at radius 1 is 1.15 bits per heavy atom. The standard InChI is InChI=1S/C21H26N2O4/c1-14(2)8-9-27-20-7-6-17(12-21(20)26-5)13-22-18-10-15(3)16(4)11-19(18)23(24)25/h6-7,10-14H,8-9H2,1-5H3. The number of nitro groups is 1. The van der Waals surface area contributed by atoms with Crippen LogP contribution in [0.25, 0.3) is 0 Å². The lowest BCUT2D eigenvalue weighted by molar-refractivity contribution is -0.384. The summed E-state index contributed by atoms with van der Waals surface area (Å²) in [6, 6.07) is 8.76. The van der Waals surface area contributed by atoms with Crippen LogP contribution >= 0.6 is 0 Å². The van der Waals surface area contributed by atoms with Crippen LogP contribution < -0.4 is 9.47 Å². The maximum atomic E-state index is 11.3. The Morgan fingerprint density at radius 3 is 2.48 bits per heavy atom. The van der Waals surface area contributed by atoms with Crippen LogP contribution in [0, 0.1) is 29.9 Å². The largest absolute Gasteiger partial charge is 0.493 e. The lowest BCUT2D eigenvalue weighted by Crippen LogP contribution is -2.03. The van der Waals surface area contributed by atoms with E-state index in [9.17, 15) is 10.1 Å². The molecule has 0 fully saturated rings. The third-order valence-corrected chi connectivity index (χ3v) is 4.28. The van der Waals surface area contributed by atoms with Gasteiger partial charge in [0.2, 0.25) is 0 Å². The number of methoxy groups -OCH3 is 1. The van der Waals surface area contributed by atoms with E-state index in [1.165, 1.54) is 0 Å². The number of aliphatic imine (C=N–C) groups is 1. The fourth-order valence-corrected chi connectivity index (χ4v) is 2.47. The number of nitro benzene ring substituents is 1. The van der Waals surface area contributed by atoms with Crippen molar-refractivity contribution in [2.45, 2.75) is 34.1 Å². The Kier molecular flexibility index (Phi) is 6.93. The van der Waals surface area contributed by atoms with Crippen molar-refractivity contribution >= 4 is 17.6 Å². The Morgan fingerprint density at radius 2 is 1.85 bits per heavy atom. The molecule has 27 heavy (non-hydrogen) atoms. The summed E-state index contributed by atoms with van der Waals surface area (Å²) in [7, 11) is 1.58. The van der Waals surface area contributed by atoms with Gasteiger partial charge in [0.05, 0.1) is 18.6 Å². The average molecular weight is 370 g/mol. The summed E-state index contributed by atoms with van der Waals surface area (Å²) in [5, 5.41) is 11.3. The molecule has 2 rings (SSSR count). The highest BCUT2D eigenvalue weighted by atomic mass is 16.6.